The maximum Gasteiger partial charge on any atom is 0.417 e. The highest BCUT2D eigenvalue weighted by atomic mass is 35.5. The molecule has 0 aliphatic heterocycles. The molecular weight excluding hydrogens is 486 g/mol. The molecule has 2 aromatic carbocycles. The van der Waals surface area contributed by atoms with Crippen LogP contribution >= 0.6 is 23.2 Å². The first-order valence-corrected chi connectivity index (χ1v) is 9.45. The van der Waals surface area contributed by atoms with Crippen molar-refractivity contribution in [2.75, 3.05) is 5.43 Å². The molecule has 0 radical (unpaired) electrons. The van der Waals surface area contributed by atoms with E-state index in [2.05, 4.69) is 10.5 Å². The number of nitrogens with zero attached hydrogens (tertiary/aromatic N) is 3. The highest BCUT2D eigenvalue weighted by Gasteiger charge is 2.37. The number of rotatable bonds is 5. The van der Waals surface area contributed by atoms with Crippen LogP contribution in [0.1, 0.15) is 23.6 Å². The zero-order valence-corrected chi connectivity index (χ0v) is 18.0. The number of carbonyl (C=O) groups excluding carboxylic acids is 1. The van der Waals surface area contributed by atoms with Gasteiger partial charge in [0.05, 0.1) is 22.3 Å². The molecule has 33 heavy (non-hydrogen) atoms. The Morgan fingerprint density at radius 1 is 1.06 bits per heavy atom. The molecule has 1 unspecified atom stereocenters. The van der Waals surface area contributed by atoms with Gasteiger partial charge < -0.3 is 5.11 Å². The summed E-state index contributed by atoms with van der Waals surface area (Å²) in [5.74, 6) is -1.26. The Balaban J connectivity index is 2.43. The predicted molar refractivity (Wildman–Crippen MR) is 113 cm³/mol. The number of benzene rings is 2. The average Bonchev–Trinajstić information content (AvgIpc) is 2.72. The Morgan fingerprint density at radius 3 is 2.24 bits per heavy atom. The van der Waals surface area contributed by atoms with Gasteiger partial charge in [0, 0.05) is 5.02 Å². The third-order valence-corrected chi connectivity index (χ3v) is 5.06. The molecule has 13 heteroatoms. The first-order valence-electron chi connectivity index (χ1n) is 8.70. The third-order valence-electron chi connectivity index (χ3n) is 4.42. The fourth-order valence-electron chi connectivity index (χ4n) is 2.73. The van der Waals surface area contributed by atoms with Gasteiger partial charge in [-0.1, -0.05) is 35.3 Å². The molecule has 8 nitrogen and oxygen atoms in total. The van der Waals surface area contributed by atoms with Gasteiger partial charge in [-0.2, -0.15) is 28.8 Å². The molecule has 170 valence electrons. The Morgan fingerprint density at radius 2 is 1.73 bits per heavy atom. The highest BCUT2D eigenvalue weighted by Crippen LogP contribution is 2.41. The molecule has 0 heterocycles. The SMILES string of the molecule is CC(C#N)(c1ccc(Cl)c(C(F)(F)F)c1)c1ccc(NN=C(C#N)C(=O)NC(=O)O)cc1Cl. The summed E-state index contributed by atoms with van der Waals surface area (Å²) in [6.45, 7) is 1.38. The second-order valence-electron chi connectivity index (χ2n) is 6.57. The van der Waals surface area contributed by atoms with Crippen LogP contribution in [0.25, 0.3) is 0 Å². The summed E-state index contributed by atoms with van der Waals surface area (Å²) in [4.78, 5) is 22.0. The summed E-state index contributed by atoms with van der Waals surface area (Å²) in [5, 5.41) is 31.6. The zero-order chi connectivity index (χ0) is 25.0. The fourth-order valence-corrected chi connectivity index (χ4v) is 3.32. The lowest BCUT2D eigenvalue weighted by Crippen LogP contribution is -2.34. The summed E-state index contributed by atoms with van der Waals surface area (Å²) >= 11 is 11.9. The molecule has 0 aromatic heterocycles. The van der Waals surface area contributed by atoms with Gasteiger partial charge in [-0.05, 0) is 42.3 Å². The van der Waals surface area contributed by atoms with Crippen molar-refractivity contribution in [1.29, 1.82) is 10.5 Å². The molecule has 2 amide bonds. The standard InChI is InChI=1S/C20H12Cl2F3N5O3/c1-19(9-27,10-2-5-14(21)13(6-10)20(23,24)25)12-4-3-11(7-15(12)22)29-30-16(8-26)17(31)28-18(32)33/h2-7,29H,1H3,(H,28,31)(H,32,33). The molecule has 0 aliphatic carbocycles. The predicted octanol–water partition coefficient (Wildman–Crippen LogP) is 4.93. The molecule has 0 bridgehead atoms. The van der Waals surface area contributed by atoms with Gasteiger partial charge in [-0.15, -0.1) is 0 Å². The van der Waals surface area contributed by atoms with Crippen molar-refractivity contribution in [1.82, 2.24) is 5.32 Å². The van der Waals surface area contributed by atoms with Crippen molar-refractivity contribution < 1.29 is 27.9 Å². The van der Waals surface area contributed by atoms with Crippen LogP contribution in [0.2, 0.25) is 10.0 Å². The number of imide groups is 1. The van der Waals surface area contributed by atoms with Crippen LogP contribution < -0.4 is 10.7 Å². The van der Waals surface area contributed by atoms with Crippen molar-refractivity contribution in [3.8, 4) is 12.1 Å². The van der Waals surface area contributed by atoms with Crippen LogP contribution in [-0.4, -0.2) is 22.8 Å². The second-order valence-corrected chi connectivity index (χ2v) is 7.38. The smallest absolute Gasteiger partial charge is 0.417 e. The number of amides is 2. The molecule has 2 rings (SSSR count). The minimum atomic E-state index is -4.73. The van der Waals surface area contributed by atoms with Crippen LogP contribution in [0.3, 0.4) is 0 Å². The molecule has 0 saturated carbocycles. The maximum absolute atomic E-state index is 13.3. The fraction of sp³-hybridized carbons (Fsp3) is 0.150. The molecule has 1 atom stereocenters. The zero-order valence-electron chi connectivity index (χ0n) is 16.5. The minimum Gasteiger partial charge on any atom is -0.465 e. The van der Waals surface area contributed by atoms with E-state index in [0.29, 0.717) is 0 Å². The highest BCUT2D eigenvalue weighted by molar-refractivity contribution is 6.46. The Bertz CT molecular complexity index is 1230. The monoisotopic (exact) mass is 497 g/mol. The van der Waals surface area contributed by atoms with Gasteiger partial charge in [0.15, 0.2) is 0 Å². The van der Waals surface area contributed by atoms with Crippen molar-refractivity contribution in [2.24, 2.45) is 5.10 Å². The van der Waals surface area contributed by atoms with E-state index >= 15 is 0 Å². The molecular formula is C20H12Cl2F3N5O3. The number of carboxylic acid groups (broad SMARTS) is 1. The lowest BCUT2D eigenvalue weighted by atomic mass is 9.77. The van der Waals surface area contributed by atoms with E-state index in [-0.39, 0.29) is 21.8 Å². The lowest BCUT2D eigenvalue weighted by molar-refractivity contribution is -0.137. The topological polar surface area (TPSA) is 138 Å². The number of anilines is 1. The number of carbonyl (C=O) groups is 2. The van der Waals surface area contributed by atoms with E-state index in [1.54, 1.807) is 0 Å². The average molecular weight is 498 g/mol. The van der Waals surface area contributed by atoms with Crippen molar-refractivity contribution in [2.45, 2.75) is 18.5 Å². The van der Waals surface area contributed by atoms with Crippen molar-refractivity contribution >= 4 is 46.6 Å². The van der Waals surface area contributed by atoms with Crippen molar-refractivity contribution in [3.05, 3.63) is 63.1 Å². The van der Waals surface area contributed by atoms with Crippen LogP contribution in [0.5, 0.6) is 0 Å². The number of alkyl halides is 3. The number of halogens is 5. The van der Waals surface area contributed by atoms with Crippen LogP contribution in [0.4, 0.5) is 23.7 Å². The van der Waals surface area contributed by atoms with Gasteiger partial charge in [-0.3, -0.25) is 15.5 Å². The van der Waals surface area contributed by atoms with Crippen LogP contribution in [0, 0.1) is 22.7 Å². The summed E-state index contributed by atoms with van der Waals surface area (Å²) in [6.07, 6.45) is -6.41. The number of nitriles is 2. The van der Waals surface area contributed by atoms with E-state index in [0.717, 1.165) is 12.1 Å². The van der Waals surface area contributed by atoms with E-state index in [1.165, 1.54) is 42.6 Å². The normalized spacial score (nSPS) is 13.3. The van der Waals surface area contributed by atoms with Crippen molar-refractivity contribution in [3.63, 3.8) is 0 Å². The van der Waals surface area contributed by atoms with Gasteiger partial charge in [0.25, 0.3) is 5.91 Å². The number of hydrazone groups is 1. The molecule has 0 spiro atoms. The van der Waals surface area contributed by atoms with Gasteiger partial charge in [-0.25, -0.2) is 4.79 Å². The second kappa shape index (κ2) is 9.77. The number of nitrogens with one attached hydrogen (secondary N) is 2. The molecule has 0 saturated heterocycles. The Hall–Kier alpha value is -3.80. The third kappa shape index (κ3) is 5.71. The van der Waals surface area contributed by atoms with Gasteiger partial charge in [0.1, 0.15) is 11.5 Å². The molecule has 0 aliphatic rings. The van der Waals surface area contributed by atoms with Crippen LogP contribution in [0.15, 0.2) is 41.5 Å². The summed E-state index contributed by atoms with van der Waals surface area (Å²) < 4.78 is 39.8. The Kier molecular flexibility index (Phi) is 7.54. The number of hydrogen-bond acceptors (Lipinski definition) is 6. The van der Waals surface area contributed by atoms with Gasteiger partial charge in [0.2, 0.25) is 5.71 Å². The minimum absolute atomic E-state index is 0.000497. The summed E-state index contributed by atoms with van der Waals surface area (Å²) in [6, 6.07) is 10.5. The maximum atomic E-state index is 13.3. The first-order chi connectivity index (χ1) is 15.3. The first kappa shape index (κ1) is 25.5. The molecule has 3 N–H and O–H groups in total. The van der Waals surface area contributed by atoms with E-state index in [1.807, 2.05) is 6.07 Å². The van der Waals surface area contributed by atoms with E-state index in [4.69, 9.17) is 33.6 Å². The largest absolute Gasteiger partial charge is 0.465 e. The summed E-state index contributed by atoms with van der Waals surface area (Å²) in [7, 11) is 0. The molecule has 0 fully saturated rings. The van der Waals surface area contributed by atoms with E-state index in [9.17, 15) is 28.0 Å². The quantitative estimate of drug-likeness (QED) is 0.395. The van der Waals surface area contributed by atoms with E-state index < -0.39 is 39.9 Å². The van der Waals surface area contributed by atoms with Crippen LogP contribution in [-0.2, 0) is 16.4 Å². The summed E-state index contributed by atoms with van der Waals surface area (Å²) in [5.41, 5.74) is -0.833. The lowest BCUT2D eigenvalue weighted by Gasteiger charge is -2.25. The number of hydrogen-bond donors (Lipinski definition) is 3. The van der Waals surface area contributed by atoms with Gasteiger partial charge >= 0.3 is 12.3 Å². The Labute approximate surface area is 194 Å². The molecule has 2 aromatic rings.